The Kier molecular flexibility index (Phi) is 27.4. The van der Waals surface area contributed by atoms with Crippen LogP contribution in [0.15, 0.2) is 169 Å². The maximum absolute atomic E-state index is 11.9. The number of nitrogens with one attached hydrogen (secondary N) is 1. The van der Waals surface area contributed by atoms with Crippen molar-refractivity contribution in [2.75, 3.05) is 14.1 Å². The number of alkyl halides is 12. The summed E-state index contributed by atoms with van der Waals surface area (Å²) in [5.41, 5.74) is 0.364. The first-order valence-corrected chi connectivity index (χ1v) is 16.9. The molecule has 0 atom stereocenters. The van der Waals surface area contributed by atoms with Crippen LogP contribution in [0.25, 0.3) is 0 Å². The summed E-state index contributed by atoms with van der Waals surface area (Å²) in [6.45, 7) is 0. The van der Waals surface area contributed by atoms with E-state index in [-0.39, 0.29) is 97.4 Å². The second kappa shape index (κ2) is 29.0. The molecular weight excluding hydrogens is 1030 g/mol. The molecule has 0 amide bonds. The van der Waals surface area contributed by atoms with Crippen molar-refractivity contribution in [1.82, 2.24) is 5.32 Å². The summed E-state index contributed by atoms with van der Waals surface area (Å²) in [5, 5.41) is 36.9. The molecule has 5 N–H and O–H groups in total. The number of hydrogen-bond acceptors (Lipinski definition) is 9. The Bertz CT molecular complexity index is 1870. The molecule has 0 unspecified atom stereocenters. The fourth-order valence-electron chi connectivity index (χ4n) is 3.57. The van der Waals surface area contributed by atoms with Gasteiger partial charge in [-0.2, -0.15) is 52.7 Å². The van der Waals surface area contributed by atoms with Gasteiger partial charge in [0.15, 0.2) is 23.1 Å². The SMILES string of the molecule is CNC.O=C(/C=C(\O)C(F)(F)F)c1ccccc1.O=C(/C=C(\O)C(F)(F)F)c1ccccc1.O=C(/C=C(\O)C(F)(F)F)c1ccccc1.O=C(/C=C(\O)C(F)(F)F)c1ccccc1.[Eu].[H+]. The van der Waals surface area contributed by atoms with E-state index < -0.39 is 70.9 Å². The minimum absolute atomic E-state index is 0. The van der Waals surface area contributed by atoms with Crippen molar-refractivity contribution in [2.45, 2.75) is 24.7 Å². The molecule has 1 radical (unpaired) electrons. The smallest absolute Gasteiger partial charge is 0.504 e. The molecular formula is C42H36EuF12NO8+. The molecule has 0 spiro atoms. The summed E-state index contributed by atoms with van der Waals surface area (Å²) in [4.78, 5) is 44.7. The number of halogens is 12. The van der Waals surface area contributed by atoms with Gasteiger partial charge in [0.05, 0.1) is 0 Å². The van der Waals surface area contributed by atoms with Gasteiger partial charge in [-0.15, -0.1) is 0 Å². The maximum Gasteiger partial charge on any atom is 1.00 e. The monoisotopic (exact) mass is 1060 g/mol. The predicted octanol–water partition coefficient (Wildman–Crippen LogP) is 11.4. The van der Waals surface area contributed by atoms with E-state index in [1.807, 2.05) is 14.1 Å². The Balaban J connectivity index is -0.000000764. The Morgan fingerprint density at radius 1 is 0.375 bits per heavy atom. The van der Waals surface area contributed by atoms with Crippen LogP contribution in [0.5, 0.6) is 0 Å². The summed E-state index contributed by atoms with van der Waals surface area (Å²) in [7, 11) is 3.75. The first-order valence-electron chi connectivity index (χ1n) is 16.9. The van der Waals surface area contributed by atoms with Gasteiger partial charge in [0.2, 0.25) is 23.0 Å². The summed E-state index contributed by atoms with van der Waals surface area (Å²) >= 11 is 0. The Morgan fingerprint density at radius 2 is 0.500 bits per heavy atom. The molecule has 0 saturated heterocycles. The van der Waals surface area contributed by atoms with E-state index in [1.165, 1.54) is 97.1 Å². The second-order valence-electron chi connectivity index (χ2n) is 11.5. The number of hydrogen-bond donors (Lipinski definition) is 5. The topological polar surface area (TPSA) is 161 Å². The molecule has 0 aliphatic carbocycles. The number of aliphatic hydroxyl groups excluding tert-OH is 4. The van der Waals surface area contributed by atoms with Crippen LogP contribution >= 0.6 is 0 Å². The molecule has 0 bridgehead atoms. The van der Waals surface area contributed by atoms with Crippen molar-refractivity contribution in [2.24, 2.45) is 0 Å². The molecule has 64 heavy (non-hydrogen) atoms. The molecule has 0 fully saturated rings. The van der Waals surface area contributed by atoms with Gasteiger partial charge in [-0.1, -0.05) is 121 Å². The number of ketones is 4. The predicted molar refractivity (Wildman–Crippen MR) is 206 cm³/mol. The van der Waals surface area contributed by atoms with Crippen molar-refractivity contribution in [3.05, 3.63) is 191 Å². The second-order valence-corrected chi connectivity index (χ2v) is 11.5. The fraction of sp³-hybridized carbons (Fsp3) is 0.143. The fourth-order valence-corrected chi connectivity index (χ4v) is 3.57. The average molecular weight is 1060 g/mol. The van der Waals surface area contributed by atoms with Gasteiger partial charge in [-0.25, -0.2) is 0 Å². The number of rotatable bonds is 8. The molecule has 0 aromatic heterocycles. The van der Waals surface area contributed by atoms with Gasteiger partial charge in [0.1, 0.15) is 0 Å². The first kappa shape index (κ1) is 60.5. The first-order chi connectivity index (χ1) is 29.1. The molecule has 0 heterocycles. The number of carbonyl (C=O) groups excluding carboxylic acids is 4. The van der Waals surface area contributed by atoms with Crippen molar-refractivity contribution < 1.29 is 143 Å². The molecule has 0 aliphatic rings. The number of allylic oxidation sites excluding steroid dienone is 8. The maximum atomic E-state index is 11.9. The Labute approximate surface area is 398 Å². The standard InChI is InChI=1S/4C10H7F3O2.C2H7N.Eu/c4*11-10(12,13)9(15)6-8(14)7-4-2-1-3-5-7;1-3-2;/h4*1-6,15H;3H,1-2H3;/p+1/b4*9-6-;;. The molecule has 9 nitrogen and oxygen atoms in total. The summed E-state index contributed by atoms with van der Waals surface area (Å²) in [6.07, 6.45) is -18.9. The van der Waals surface area contributed by atoms with Crippen LogP contribution in [0, 0.1) is 49.4 Å². The normalized spacial score (nSPS) is 12.1. The van der Waals surface area contributed by atoms with E-state index >= 15 is 0 Å². The Hall–Kier alpha value is -5.58. The molecule has 0 saturated carbocycles. The summed E-state index contributed by atoms with van der Waals surface area (Å²) < 4.78 is 142. The third-order valence-electron chi connectivity index (χ3n) is 6.47. The van der Waals surface area contributed by atoms with Crippen molar-refractivity contribution in [3.63, 3.8) is 0 Å². The minimum Gasteiger partial charge on any atom is -0.504 e. The van der Waals surface area contributed by atoms with E-state index in [2.05, 4.69) is 5.32 Å². The molecule has 347 valence electrons. The van der Waals surface area contributed by atoms with Crippen LogP contribution in [0.1, 0.15) is 42.9 Å². The molecule has 0 aliphatic heterocycles. The van der Waals surface area contributed by atoms with Gasteiger partial charge in [0.25, 0.3) is 0 Å². The van der Waals surface area contributed by atoms with Crippen LogP contribution in [0.3, 0.4) is 0 Å². The van der Waals surface area contributed by atoms with E-state index in [4.69, 9.17) is 20.4 Å². The van der Waals surface area contributed by atoms with Gasteiger partial charge in [-0.3, -0.25) is 19.2 Å². The number of benzene rings is 4. The van der Waals surface area contributed by atoms with Crippen molar-refractivity contribution >= 4 is 23.1 Å². The molecule has 4 rings (SSSR count). The largest absolute Gasteiger partial charge is 1.00 e. The van der Waals surface area contributed by atoms with E-state index in [0.29, 0.717) is 0 Å². The van der Waals surface area contributed by atoms with Gasteiger partial charge < -0.3 is 25.7 Å². The molecule has 4 aromatic carbocycles. The van der Waals surface area contributed by atoms with Crippen LogP contribution in [0.4, 0.5) is 52.7 Å². The van der Waals surface area contributed by atoms with Crippen molar-refractivity contribution in [1.29, 1.82) is 0 Å². The zero-order valence-electron chi connectivity index (χ0n) is 33.7. The van der Waals surface area contributed by atoms with Crippen LogP contribution in [-0.4, -0.2) is 82.4 Å². The van der Waals surface area contributed by atoms with E-state index in [1.54, 1.807) is 24.3 Å². The van der Waals surface area contributed by atoms with Crippen LogP contribution < -0.4 is 5.32 Å². The van der Waals surface area contributed by atoms with Crippen LogP contribution in [0.2, 0.25) is 0 Å². The summed E-state index contributed by atoms with van der Waals surface area (Å²) in [6, 6.07) is 29.6. The third-order valence-corrected chi connectivity index (χ3v) is 6.47. The molecule has 4 aromatic rings. The van der Waals surface area contributed by atoms with Gasteiger partial charge in [0, 0.05) is 95.9 Å². The van der Waals surface area contributed by atoms with Crippen molar-refractivity contribution in [3.8, 4) is 0 Å². The zero-order valence-corrected chi connectivity index (χ0v) is 35.1. The number of aliphatic hydroxyl groups is 4. The third kappa shape index (κ3) is 25.5. The van der Waals surface area contributed by atoms with E-state index in [0.717, 1.165) is 0 Å². The Morgan fingerprint density at radius 3 is 0.609 bits per heavy atom. The zero-order chi connectivity index (χ0) is 48.6. The summed E-state index contributed by atoms with van der Waals surface area (Å²) in [5.74, 6) is -11.1. The van der Waals surface area contributed by atoms with Crippen LogP contribution in [-0.2, 0) is 0 Å². The van der Waals surface area contributed by atoms with E-state index in [9.17, 15) is 71.9 Å². The quantitative estimate of drug-likeness (QED) is 0.0501. The average Bonchev–Trinajstić information content (AvgIpc) is 3.21. The number of carbonyl (C=O) groups is 4. The van der Waals surface area contributed by atoms with Gasteiger partial charge >= 0.3 is 26.1 Å². The minimum atomic E-state index is -4.88. The van der Waals surface area contributed by atoms with Gasteiger partial charge in [-0.05, 0) is 14.1 Å². The molecule has 22 heteroatoms.